The van der Waals surface area contributed by atoms with Gasteiger partial charge in [-0.1, -0.05) is 30.0 Å². The number of methoxy groups -OCH3 is 1. The number of alkyl halides is 3. The van der Waals surface area contributed by atoms with Gasteiger partial charge in [-0.3, -0.25) is 14.2 Å². The fraction of sp³-hybridized carbons (Fsp3) is 0.182. The van der Waals surface area contributed by atoms with Crippen LogP contribution in [0.5, 0.6) is 5.75 Å². The van der Waals surface area contributed by atoms with Crippen LogP contribution in [-0.2, 0) is 17.5 Å². The number of amides is 2. The van der Waals surface area contributed by atoms with Gasteiger partial charge in [-0.2, -0.15) is 18.3 Å². The third-order valence-corrected chi connectivity index (χ3v) is 8.37. The third-order valence-electron chi connectivity index (χ3n) is 7.45. The molecule has 246 valence electrons. The Morgan fingerprint density at radius 2 is 1.79 bits per heavy atom. The number of aromatic nitrogens is 3. The molecule has 0 spiro atoms. The van der Waals surface area contributed by atoms with E-state index in [1.165, 1.54) is 52.2 Å². The normalized spacial score (nSPS) is 14.6. The summed E-state index contributed by atoms with van der Waals surface area (Å²) in [5.41, 5.74) is 1.26. The molecule has 0 fully saturated rings. The summed E-state index contributed by atoms with van der Waals surface area (Å²) in [6.07, 6.45) is -2.93. The number of thioether (sulfide) groups is 1. The fourth-order valence-electron chi connectivity index (χ4n) is 5.08. The second-order valence-electron chi connectivity index (χ2n) is 10.5. The van der Waals surface area contributed by atoms with Gasteiger partial charge in [0.2, 0.25) is 0 Å². The number of nitrogens with zero attached hydrogens (tertiary/aromatic N) is 5. The van der Waals surface area contributed by atoms with Gasteiger partial charge < -0.3 is 14.5 Å². The molecule has 1 aliphatic heterocycles. The summed E-state index contributed by atoms with van der Waals surface area (Å²) < 4.78 is 66.4. The predicted molar refractivity (Wildman–Crippen MR) is 167 cm³/mol. The predicted octanol–water partition coefficient (Wildman–Crippen LogP) is 6.43. The highest BCUT2D eigenvalue weighted by Gasteiger charge is 2.34. The van der Waals surface area contributed by atoms with Gasteiger partial charge in [0.05, 0.1) is 48.7 Å². The van der Waals surface area contributed by atoms with E-state index in [1.54, 1.807) is 31.4 Å². The van der Waals surface area contributed by atoms with Crippen molar-refractivity contribution >= 4 is 29.3 Å². The molecule has 0 saturated carbocycles. The number of furan rings is 1. The summed E-state index contributed by atoms with van der Waals surface area (Å²) in [4.78, 5) is 26.3. The van der Waals surface area contributed by atoms with E-state index in [2.05, 4.69) is 20.6 Å². The second-order valence-corrected chi connectivity index (χ2v) is 11.5. The van der Waals surface area contributed by atoms with E-state index in [0.29, 0.717) is 23.4 Å². The lowest BCUT2D eigenvalue weighted by atomic mass is 9.98. The standard InChI is InChI=1S/C33H26F4N6O4S/c1-46-25-13-9-20(10-14-25)26-17-27(21-7-11-23(34)12-8-21)43(41-26)30(44)19-48-32-40-39-29(18-38-31(45)28-6-3-15-47-28)42(32)24-5-2-4-22(16-24)33(35,36)37/h2-16,27H,17-19H2,1H3,(H,38,45)/t27-/m0/s1. The molecule has 0 radical (unpaired) electrons. The van der Waals surface area contributed by atoms with Crippen molar-refractivity contribution in [2.75, 3.05) is 12.9 Å². The number of hydrazone groups is 1. The SMILES string of the molecule is COc1ccc(C2=NN(C(=O)CSc3nnc(CNC(=O)c4ccco4)n3-c3cccc(C(F)(F)F)c3)[C@H](c3ccc(F)cc3)C2)cc1. The third kappa shape index (κ3) is 7.10. The Kier molecular flexibility index (Phi) is 9.30. The lowest BCUT2D eigenvalue weighted by Crippen LogP contribution is -2.28. The molecule has 1 aliphatic rings. The van der Waals surface area contributed by atoms with Gasteiger partial charge >= 0.3 is 6.18 Å². The van der Waals surface area contributed by atoms with Crippen molar-refractivity contribution in [3.8, 4) is 11.4 Å². The average Bonchev–Trinajstić information content (AvgIpc) is 3.87. The zero-order valence-corrected chi connectivity index (χ0v) is 26.0. The van der Waals surface area contributed by atoms with Crippen molar-refractivity contribution in [2.24, 2.45) is 5.10 Å². The minimum Gasteiger partial charge on any atom is -0.497 e. The van der Waals surface area contributed by atoms with Gasteiger partial charge in [0.1, 0.15) is 11.6 Å². The number of hydrogen-bond donors (Lipinski definition) is 1. The van der Waals surface area contributed by atoms with Crippen molar-refractivity contribution in [3.63, 3.8) is 0 Å². The maximum atomic E-state index is 13.8. The summed E-state index contributed by atoms with van der Waals surface area (Å²) in [6.45, 7) is -0.203. The number of carbonyl (C=O) groups excluding carboxylic acids is 2. The Labute approximate surface area is 275 Å². The first-order valence-electron chi connectivity index (χ1n) is 14.5. The molecule has 48 heavy (non-hydrogen) atoms. The van der Waals surface area contributed by atoms with Crippen LogP contribution in [0.4, 0.5) is 17.6 Å². The molecule has 2 aromatic heterocycles. The highest BCUT2D eigenvalue weighted by molar-refractivity contribution is 7.99. The lowest BCUT2D eigenvalue weighted by molar-refractivity contribution is -0.137. The number of rotatable bonds is 10. The maximum Gasteiger partial charge on any atom is 0.416 e. The van der Waals surface area contributed by atoms with Crippen molar-refractivity contribution < 1.29 is 36.3 Å². The number of hydrogen-bond acceptors (Lipinski definition) is 8. The van der Waals surface area contributed by atoms with E-state index in [1.807, 2.05) is 12.1 Å². The molecule has 0 unspecified atom stereocenters. The molecule has 10 nitrogen and oxygen atoms in total. The van der Waals surface area contributed by atoms with Crippen LogP contribution in [0, 0.1) is 5.82 Å². The molecule has 6 rings (SSSR count). The van der Waals surface area contributed by atoms with Crippen LogP contribution >= 0.6 is 11.8 Å². The molecule has 0 saturated heterocycles. The van der Waals surface area contributed by atoms with Crippen LogP contribution < -0.4 is 10.1 Å². The first kappa shape index (κ1) is 32.5. The van der Waals surface area contributed by atoms with Crippen LogP contribution in [0.3, 0.4) is 0 Å². The zero-order valence-electron chi connectivity index (χ0n) is 25.1. The van der Waals surface area contributed by atoms with Crippen LogP contribution in [0.1, 0.15) is 45.5 Å². The molecule has 0 aliphatic carbocycles. The van der Waals surface area contributed by atoms with Crippen molar-refractivity contribution in [1.29, 1.82) is 0 Å². The van der Waals surface area contributed by atoms with Crippen molar-refractivity contribution in [1.82, 2.24) is 25.1 Å². The molecule has 3 heterocycles. The number of benzene rings is 3. The van der Waals surface area contributed by atoms with Gasteiger partial charge in [-0.05, 0) is 77.9 Å². The molecule has 15 heteroatoms. The molecular formula is C33H26F4N6O4S. The van der Waals surface area contributed by atoms with Crippen molar-refractivity contribution in [3.05, 3.63) is 125 Å². The molecular weight excluding hydrogens is 652 g/mol. The van der Waals surface area contributed by atoms with Gasteiger partial charge in [-0.15, -0.1) is 10.2 Å². The van der Waals surface area contributed by atoms with E-state index < -0.39 is 35.4 Å². The minimum absolute atomic E-state index is 0.0382. The maximum absolute atomic E-state index is 13.8. The first-order chi connectivity index (χ1) is 23.1. The molecule has 3 aromatic carbocycles. The number of halogens is 4. The Hall–Kier alpha value is -5.44. The van der Waals surface area contributed by atoms with Crippen LogP contribution in [0.25, 0.3) is 5.69 Å². The molecule has 1 atom stereocenters. The van der Waals surface area contributed by atoms with Crippen molar-refractivity contribution in [2.45, 2.75) is 30.3 Å². The van der Waals surface area contributed by atoms with E-state index >= 15 is 0 Å². The molecule has 2 amide bonds. The van der Waals surface area contributed by atoms with Gasteiger partial charge in [-0.25, -0.2) is 9.40 Å². The molecule has 1 N–H and O–H groups in total. The zero-order chi connectivity index (χ0) is 33.8. The largest absolute Gasteiger partial charge is 0.497 e. The van der Waals surface area contributed by atoms with Crippen LogP contribution in [0.15, 0.2) is 106 Å². The Morgan fingerprint density at radius 1 is 1.02 bits per heavy atom. The second kappa shape index (κ2) is 13.7. The minimum atomic E-state index is -4.62. The smallest absolute Gasteiger partial charge is 0.416 e. The molecule has 0 bridgehead atoms. The highest BCUT2D eigenvalue weighted by Crippen LogP contribution is 2.35. The van der Waals surface area contributed by atoms with Gasteiger partial charge in [0.15, 0.2) is 16.7 Å². The number of ether oxygens (including phenoxy) is 1. The first-order valence-corrected chi connectivity index (χ1v) is 15.4. The lowest BCUT2D eigenvalue weighted by Gasteiger charge is -2.22. The molecule has 5 aromatic rings. The summed E-state index contributed by atoms with van der Waals surface area (Å²) >= 11 is 0.945. The van der Waals surface area contributed by atoms with Crippen LogP contribution in [0.2, 0.25) is 0 Å². The summed E-state index contributed by atoms with van der Waals surface area (Å²) in [6, 6.07) is 20.0. The fourth-order valence-corrected chi connectivity index (χ4v) is 5.90. The van der Waals surface area contributed by atoms with E-state index in [9.17, 15) is 27.2 Å². The average molecular weight is 679 g/mol. The topological polar surface area (TPSA) is 115 Å². The summed E-state index contributed by atoms with van der Waals surface area (Å²) in [7, 11) is 1.55. The van der Waals surface area contributed by atoms with E-state index in [4.69, 9.17) is 9.15 Å². The number of nitrogens with one attached hydrogen (secondary N) is 1. The van der Waals surface area contributed by atoms with Gasteiger partial charge in [0, 0.05) is 6.42 Å². The quantitative estimate of drug-likeness (QED) is 0.134. The Bertz CT molecular complexity index is 1940. The number of carbonyl (C=O) groups is 2. The monoisotopic (exact) mass is 678 g/mol. The highest BCUT2D eigenvalue weighted by atomic mass is 32.2. The van der Waals surface area contributed by atoms with Gasteiger partial charge in [0.25, 0.3) is 11.8 Å². The van der Waals surface area contributed by atoms with Crippen LogP contribution in [-0.4, -0.2) is 50.2 Å². The Balaban J connectivity index is 1.28. The summed E-state index contributed by atoms with van der Waals surface area (Å²) in [5.74, 6) is -0.815. The summed E-state index contributed by atoms with van der Waals surface area (Å²) in [5, 5.41) is 17.0. The van der Waals surface area contributed by atoms with E-state index in [-0.39, 0.29) is 34.7 Å². The van der Waals surface area contributed by atoms with E-state index in [0.717, 1.165) is 29.5 Å². The Morgan fingerprint density at radius 3 is 2.48 bits per heavy atom.